The van der Waals surface area contributed by atoms with E-state index in [2.05, 4.69) is 15.3 Å². The molecule has 1 amide bonds. The predicted molar refractivity (Wildman–Crippen MR) is 137 cm³/mol. The van der Waals surface area contributed by atoms with Gasteiger partial charge in [0.05, 0.1) is 12.6 Å². The van der Waals surface area contributed by atoms with Gasteiger partial charge in [0.25, 0.3) is 5.56 Å². The molecule has 1 saturated heterocycles. The Bertz CT molecular complexity index is 1360. The number of carbonyl (C=O) groups excluding carboxylic acids is 1. The van der Waals surface area contributed by atoms with Crippen molar-refractivity contribution in [1.82, 2.24) is 19.9 Å². The Morgan fingerprint density at radius 1 is 1.00 bits per heavy atom. The van der Waals surface area contributed by atoms with Crippen molar-refractivity contribution in [3.63, 3.8) is 0 Å². The number of benzene rings is 2. The summed E-state index contributed by atoms with van der Waals surface area (Å²) in [6.07, 6.45) is 3.04. The number of nitrogens with one attached hydrogen (secondary N) is 1. The second-order valence-electron chi connectivity index (χ2n) is 9.06. The first kappa shape index (κ1) is 22.8. The molecule has 2 aromatic heterocycles. The normalized spacial score (nSPS) is 15.2. The lowest BCUT2D eigenvalue weighted by Gasteiger charge is -2.32. The van der Waals surface area contributed by atoms with Gasteiger partial charge < -0.3 is 10.2 Å². The van der Waals surface area contributed by atoms with Crippen LogP contribution in [0.5, 0.6) is 0 Å². The molecule has 1 atom stereocenters. The van der Waals surface area contributed by atoms with E-state index in [1.165, 1.54) is 0 Å². The Hall–Kier alpha value is -4.00. The van der Waals surface area contributed by atoms with Crippen LogP contribution in [0.15, 0.2) is 83.8 Å². The summed E-state index contributed by atoms with van der Waals surface area (Å²) in [6.45, 7) is 3.65. The zero-order chi connectivity index (χ0) is 24.2. The number of anilines is 1. The van der Waals surface area contributed by atoms with Crippen molar-refractivity contribution >= 4 is 22.9 Å². The summed E-state index contributed by atoms with van der Waals surface area (Å²) in [5.41, 5.74) is 3.23. The summed E-state index contributed by atoms with van der Waals surface area (Å²) in [6, 6.07) is 23.5. The molecule has 178 valence electrons. The van der Waals surface area contributed by atoms with Gasteiger partial charge in [-0.1, -0.05) is 60.7 Å². The van der Waals surface area contributed by atoms with E-state index >= 15 is 0 Å². The van der Waals surface area contributed by atoms with Gasteiger partial charge in [-0.25, -0.2) is 9.97 Å². The van der Waals surface area contributed by atoms with Crippen molar-refractivity contribution in [2.24, 2.45) is 5.92 Å². The Morgan fingerprint density at radius 3 is 2.40 bits per heavy atom. The molecule has 0 saturated carbocycles. The lowest BCUT2D eigenvalue weighted by atomic mass is 9.95. The number of rotatable bonds is 6. The lowest BCUT2D eigenvalue weighted by molar-refractivity contribution is -0.126. The molecule has 1 aliphatic heterocycles. The molecule has 1 N–H and O–H groups in total. The first-order chi connectivity index (χ1) is 17.1. The van der Waals surface area contributed by atoms with E-state index < -0.39 is 0 Å². The number of hydrogen-bond acceptors (Lipinski definition) is 5. The Kier molecular flexibility index (Phi) is 6.57. The number of fused-ring (bicyclic) bond motifs is 1. The maximum Gasteiger partial charge on any atom is 0.295 e. The Balaban J connectivity index is 1.33. The Morgan fingerprint density at radius 2 is 1.69 bits per heavy atom. The van der Waals surface area contributed by atoms with Crippen LogP contribution in [-0.4, -0.2) is 33.5 Å². The molecular formula is C28H29N5O2. The minimum absolute atomic E-state index is 0.0402. The quantitative estimate of drug-likeness (QED) is 0.465. The number of hydrogen-bond donors (Lipinski definition) is 1. The van der Waals surface area contributed by atoms with Gasteiger partial charge in [0.2, 0.25) is 5.91 Å². The van der Waals surface area contributed by atoms with Crippen LogP contribution in [0.2, 0.25) is 0 Å². The van der Waals surface area contributed by atoms with E-state index in [4.69, 9.17) is 0 Å². The first-order valence-electron chi connectivity index (χ1n) is 12.1. The van der Waals surface area contributed by atoms with Crippen LogP contribution in [0.25, 0.3) is 11.2 Å². The second-order valence-corrected chi connectivity index (χ2v) is 9.06. The van der Waals surface area contributed by atoms with E-state index in [9.17, 15) is 9.59 Å². The van der Waals surface area contributed by atoms with Crippen molar-refractivity contribution in [1.29, 1.82) is 0 Å². The largest absolute Gasteiger partial charge is 0.352 e. The summed E-state index contributed by atoms with van der Waals surface area (Å²) in [5.74, 6) is 0.419. The SMILES string of the molecule is C[C@@H](NC(=O)C1CCN(c2nc3cccnc3n(Cc3ccccc3)c2=O)CC1)c1ccccc1. The zero-order valence-electron chi connectivity index (χ0n) is 19.8. The van der Waals surface area contributed by atoms with Crippen molar-refractivity contribution < 1.29 is 4.79 Å². The summed E-state index contributed by atoms with van der Waals surface area (Å²) in [4.78, 5) is 37.6. The summed E-state index contributed by atoms with van der Waals surface area (Å²) < 4.78 is 1.70. The van der Waals surface area contributed by atoms with E-state index in [1.54, 1.807) is 10.8 Å². The van der Waals surface area contributed by atoms with E-state index in [-0.39, 0.29) is 23.4 Å². The van der Waals surface area contributed by atoms with E-state index in [1.807, 2.05) is 84.6 Å². The number of piperidine rings is 1. The van der Waals surface area contributed by atoms with Gasteiger partial charge in [-0.3, -0.25) is 14.2 Å². The number of pyridine rings is 1. The van der Waals surface area contributed by atoms with Crippen LogP contribution >= 0.6 is 0 Å². The summed E-state index contributed by atoms with van der Waals surface area (Å²) in [5, 5.41) is 3.15. The van der Waals surface area contributed by atoms with Gasteiger partial charge in [0, 0.05) is 25.2 Å². The molecule has 35 heavy (non-hydrogen) atoms. The first-order valence-corrected chi connectivity index (χ1v) is 12.1. The van der Waals surface area contributed by atoms with Crippen molar-refractivity contribution in [3.8, 4) is 0 Å². The van der Waals surface area contributed by atoms with Crippen LogP contribution in [-0.2, 0) is 11.3 Å². The molecule has 7 nitrogen and oxygen atoms in total. The van der Waals surface area contributed by atoms with Gasteiger partial charge in [0.1, 0.15) is 5.52 Å². The van der Waals surface area contributed by atoms with Gasteiger partial charge >= 0.3 is 0 Å². The third-order valence-corrected chi connectivity index (χ3v) is 6.69. The van der Waals surface area contributed by atoms with Crippen LogP contribution < -0.4 is 15.8 Å². The van der Waals surface area contributed by atoms with Gasteiger partial charge in [0.15, 0.2) is 11.5 Å². The van der Waals surface area contributed by atoms with Crippen LogP contribution in [0.1, 0.15) is 36.9 Å². The van der Waals surface area contributed by atoms with Crippen LogP contribution in [0, 0.1) is 5.92 Å². The fraction of sp³-hybridized carbons (Fsp3) is 0.286. The average molecular weight is 468 g/mol. The molecule has 0 spiro atoms. The van der Waals surface area contributed by atoms with Crippen LogP contribution in [0.3, 0.4) is 0 Å². The summed E-state index contributed by atoms with van der Waals surface area (Å²) in [7, 11) is 0. The highest BCUT2D eigenvalue weighted by molar-refractivity contribution is 5.79. The van der Waals surface area contributed by atoms with Crippen molar-refractivity contribution in [2.45, 2.75) is 32.4 Å². The molecule has 5 rings (SSSR count). The molecule has 0 aliphatic carbocycles. The van der Waals surface area contributed by atoms with Crippen molar-refractivity contribution in [3.05, 3.63) is 100 Å². The fourth-order valence-corrected chi connectivity index (χ4v) is 4.69. The second kappa shape index (κ2) is 10.1. The third-order valence-electron chi connectivity index (χ3n) is 6.69. The number of nitrogens with zero attached hydrogens (tertiary/aromatic N) is 4. The highest BCUT2D eigenvalue weighted by atomic mass is 16.2. The molecule has 0 bridgehead atoms. The molecule has 1 aliphatic rings. The monoisotopic (exact) mass is 467 g/mol. The smallest absolute Gasteiger partial charge is 0.295 e. The molecular weight excluding hydrogens is 438 g/mol. The standard InChI is InChI=1S/C28H29N5O2/c1-20(22-11-6-3-7-12-22)30-27(34)23-14-17-32(18-15-23)26-28(35)33(19-21-9-4-2-5-10-21)25-24(31-26)13-8-16-29-25/h2-13,16,20,23H,14-15,17-19H2,1H3,(H,30,34)/t20-/m1/s1. The molecule has 0 unspecified atom stereocenters. The minimum Gasteiger partial charge on any atom is -0.352 e. The molecule has 3 heterocycles. The zero-order valence-corrected chi connectivity index (χ0v) is 19.8. The number of carbonyl (C=O) groups is 1. The molecule has 7 heteroatoms. The minimum atomic E-state index is -0.152. The topological polar surface area (TPSA) is 80.1 Å². The summed E-state index contributed by atoms with van der Waals surface area (Å²) >= 11 is 0. The highest BCUT2D eigenvalue weighted by Gasteiger charge is 2.28. The maximum atomic E-state index is 13.5. The Labute approximate surface area is 204 Å². The van der Waals surface area contributed by atoms with Gasteiger partial charge in [-0.05, 0) is 43.0 Å². The van der Waals surface area contributed by atoms with Gasteiger partial charge in [-0.2, -0.15) is 0 Å². The molecule has 0 radical (unpaired) electrons. The molecule has 2 aromatic carbocycles. The number of amides is 1. The van der Waals surface area contributed by atoms with E-state index in [0.29, 0.717) is 49.5 Å². The maximum absolute atomic E-state index is 13.5. The third kappa shape index (κ3) is 4.94. The fourth-order valence-electron chi connectivity index (χ4n) is 4.69. The molecule has 1 fully saturated rings. The molecule has 4 aromatic rings. The average Bonchev–Trinajstić information content (AvgIpc) is 2.91. The predicted octanol–water partition coefficient (Wildman–Crippen LogP) is 3.93. The van der Waals surface area contributed by atoms with E-state index in [0.717, 1.165) is 11.1 Å². The van der Waals surface area contributed by atoms with Crippen molar-refractivity contribution in [2.75, 3.05) is 18.0 Å². The number of aromatic nitrogens is 3. The van der Waals surface area contributed by atoms with Crippen LogP contribution in [0.4, 0.5) is 5.82 Å². The lowest BCUT2D eigenvalue weighted by Crippen LogP contribution is -2.43. The van der Waals surface area contributed by atoms with Gasteiger partial charge in [-0.15, -0.1) is 0 Å². The highest BCUT2D eigenvalue weighted by Crippen LogP contribution is 2.23.